The molecule has 9 heavy (non-hydrogen) atoms. The van der Waals surface area contributed by atoms with Crippen LogP contribution in [0.3, 0.4) is 0 Å². The summed E-state index contributed by atoms with van der Waals surface area (Å²) in [5.41, 5.74) is 0.694. The number of nitrogens with zero attached hydrogens (tertiary/aromatic N) is 2. The minimum Gasteiger partial charge on any atom is -0.491 e. The van der Waals surface area contributed by atoms with Crippen molar-refractivity contribution in [3.05, 3.63) is 5.69 Å². The topological polar surface area (TPSA) is 46.0 Å². The molecule has 0 spiro atoms. The van der Waals surface area contributed by atoms with Crippen LogP contribution in [0.15, 0.2) is 0 Å². The van der Waals surface area contributed by atoms with Gasteiger partial charge in [-0.25, -0.2) is 0 Å². The van der Waals surface area contributed by atoms with Crippen molar-refractivity contribution in [2.45, 2.75) is 19.8 Å². The van der Waals surface area contributed by atoms with Gasteiger partial charge in [0.15, 0.2) is 0 Å². The molecule has 0 aliphatic carbocycles. The first kappa shape index (κ1) is 6.48. The molecule has 0 saturated heterocycles. The largest absolute Gasteiger partial charge is 0.491 e. The minimum absolute atomic E-state index is 0.0787. The Balaban J connectivity index is 2.94. The average Bonchev–Trinajstić information content (AvgIpc) is 2.13. The smallest absolute Gasteiger partial charge is 0.246 e. The second kappa shape index (κ2) is 2.31. The number of hydrogen-bond acceptors (Lipinski definition) is 4. The highest BCUT2D eigenvalue weighted by molar-refractivity contribution is 6.99. The molecular formula is C5H8N2OS. The Morgan fingerprint density at radius 3 is 2.33 bits per heavy atom. The van der Waals surface area contributed by atoms with Gasteiger partial charge in [-0.05, 0) is 0 Å². The molecule has 0 aromatic carbocycles. The van der Waals surface area contributed by atoms with Crippen LogP contribution in [0.25, 0.3) is 0 Å². The lowest BCUT2D eigenvalue weighted by Crippen LogP contribution is -1.85. The molecule has 50 valence electrons. The van der Waals surface area contributed by atoms with Crippen LogP contribution >= 0.6 is 11.7 Å². The Morgan fingerprint density at radius 2 is 2.11 bits per heavy atom. The van der Waals surface area contributed by atoms with Gasteiger partial charge in [-0.2, -0.15) is 4.37 Å². The minimum atomic E-state index is 0.0787. The maximum Gasteiger partial charge on any atom is 0.246 e. The van der Waals surface area contributed by atoms with E-state index in [4.69, 9.17) is 5.11 Å². The zero-order valence-electron chi connectivity index (χ0n) is 5.33. The second-order valence-electron chi connectivity index (χ2n) is 2.13. The molecule has 0 atom stereocenters. The Kier molecular flexibility index (Phi) is 1.66. The summed E-state index contributed by atoms with van der Waals surface area (Å²) in [7, 11) is 0. The molecule has 0 unspecified atom stereocenters. The van der Waals surface area contributed by atoms with E-state index in [2.05, 4.69) is 8.75 Å². The first-order chi connectivity index (χ1) is 4.22. The summed E-state index contributed by atoms with van der Waals surface area (Å²) in [5, 5.41) is 8.96. The Labute approximate surface area is 57.7 Å². The standard InChI is InChI=1S/C5H8N2OS/c1-3(2)4-5(8)7-9-6-4/h3H,1-2H3,(H,7,8). The molecule has 1 N–H and O–H groups in total. The molecule has 1 heterocycles. The molecule has 1 rings (SSSR count). The van der Waals surface area contributed by atoms with Crippen LogP contribution in [-0.4, -0.2) is 13.9 Å². The maximum atomic E-state index is 8.96. The third kappa shape index (κ3) is 1.18. The summed E-state index contributed by atoms with van der Waals surface area (Å²) in [4.78, 5) is 0. The van der Waals surface area contributed by atoms with Crippen LogP contribution in [0, 0.1) is 0 Å². The summed E-state index contributed by atoms with van der Waals surface area (Å²) >= 11 is 1.04. The van der Waals surface area contributed by atoms with Gasteiger partial charge in [0.1, 0.15) is 5.69 Å². The van der Waals surface area contributed by atoms with Crippen LogP contribution in [0.2, 0.25) is 0 Å². The molecule has 0 aliphatic rings. The number of rotatable bonds is 1. The van der Waals surface area contributed by atoms with Gasteiger partial charge in [0.25, 0.3) is 0 Å². The van der Waals surface area contributed by atoms with E-state index in [0.29, 0.717) is 5.69 Å². The third-order valence-corrected chi connectivity index (χ3v) is 1.58. The average molecular weight is 144 g/mol. The summed E-state index contributed by atoms with van der Waals surface area (Å²) in [6.45, 7) is 3.94. The summed E-state index contributed by atoms with van der Waals surface area (Å²) in [5.74, 6) is 0.346. The fourth-order valence-electron chi connectivity index (χ4n) is 0.554. The van der Waals surface area contributed by atoms with Crippen LogP contribution in [0.4, 0.5) is 0 Å². The van der Waals surface area contributed by atoms with Gasteiger partial charge in [0.2, 0.25) is 5.88 Å². The second-order valence-corrected chi connectivity index (χ2v) is 2.66. The highest BCUT2D eigenvalue weighted by atomic mass is 32.1. The molecule has 0 fully saturated rings. The normalized spacial score (nSPS) is 10.6. The van der Waals surface area contributed by atoms with Crippen molar-refractivity contribution < 1.29 is 5.11 Å². The third-order valence-electron chi connectivity index (χ3n) is 1.04. The van der Waals surface area contributed by atoms with Gasteiger partial charge in [-0.15, -0.1) is 4.37 Å². The van der Waals surface area contributed by atoms with Crippen molar-refractivity contribution in [2.24, 2.45) is 0 Å². The molecule has 0 bridgehead atoms. The summed E-state index contributed by atoms with van der Waals surface area (Å²) in [6, 6.07) is 0. The van der Waals surface area contributed by atoms with Crippen molar-refractivity contribution in [1.29, 1.82) is 0 Å². The Hall–Kier alpha value is -0.640. The summed E-state index contributed by atoms with van der Waals surface area (Å²) in [6.07, 6.45) is 0. The van der Waals surface area contributed by atoms with E-state index in [9.17, 15) is 0 Å². The zero-order chi connectivity index (χ0) is 6.85. The predicted octanol–water partition coefficient (Wildman–Crippen LogP) is 1.37. The van der Waals surface area contributed by atoms with Gasteiger partial charge >= 0.3 is 0 Å². The van der Waals surface area contributed by atoms with Crippen molar-refractivity contribution >= 4 is 11.7 Å². The Bertz CT molecular complexity index is 197. The number of aromatic hydroxyl groups is 1. The quantitative estimate of drug-likeness (QED) is 0.647. The van der Waals surface area contributed by atoms with Gasteiger partial charge in [-0.3, -0.25) is 0 Å². The fourth-order valence-corrected chi connectivity index (χ4v) is 1.15. The number of hydrogen-bond donors (Lipinski definition) is 1. The van der Waals surface area contributed by atoms with Crippen molar-refractivity contribution in [2.75, 3.05) is 0 Å². The van der Waals surface area contributed by atoms with E-state index in [1.807, 2.05) is 13.8 Å². The van der Waals surface area contributed by atoms with E-state index in [1.165, 1.54) is 0 Å². The van der Waals surface area contributed by atoms with Gasteiger partial charge < -0.3 is 5.11 Å². The molecule has 0 saturated carbocycles. The lowest BCUT2D eigenvalue weighted by molar-refractivity contribution is 0.447. The summed E-state index contributed by atoms with van der Waals surface area (Å²) < 4.78 is 7.52. The first-order valence-corrected chi connectivity index (χ1v) is 3.46. The molecular weight excluding hydrogens is 136 g/mol. The van der Waals surface area contributed by atoms with Crippen molar-refractivity contribution in [3.63, 3.8) is 0 Å². The van der Waals surface area contributed by atoms with E-state index in [-0.39, 0.29) is 11.8 Å². The molecule has 3 nitrogen and oxygen atoms in total. The molecule has 0 aliphatic heterocycles. The highest BCUT2D eigenvalue weighted by Crippen LogP contribution is 2.21. The maximum absolute atomic E-state index is 8.96. The lowest BCUT2D eigenvalue weighted by atomic mass is 10.1. The van der Waals surface area contributed by atoms with Crippen LogP contribution in [0.1, 0.15) is 25.5 Å². The molecule has 0 radical (unpaired) electrons. The van der Waals surface area contributed by atoms with Crippen LogP contribution in [-0.2, 0) is 0 Å². The Morgan fingerprint density at radius 1 is 1.44 bits per heavy atom. The molecule has 4 heteroatoms. The van der Waals surface area contributed by atoms with Crippen LogP contribution in [0.5, 0.6) is 5.88 Å². The van der Waals surface area contributed by atoms with E-state index in [1.54, 1.807) is 0 Å². The predicted molar refractivity (Wildman–Crippen MR) is 35.7 cm³/mol. The van der Waals surface area contributed by atoms with Gasteiger partial charge in [0, 0.05) is 5.92 Å². The van der Waals surface area contributed by atoms with Crippen LogP contribution < -0.4 is 0 Å². The lowest BCUT2D eigenvalue weighted by Gasteiger charge is -1.95. The highest BCUT2D eigenvalue weighted by Gasteiger charge is 2.08. The SMILES string of the molecule is CC(C)c1nsnc1O. The zero-order valence-corrected chi connectivity index (χ0v) is 6.14. The first-order valence-electron chi connectivity index (χ1n) is 2.73. The molecule has 1 aromatic heterocycles. The van der Waals surface area contributed by atoms with E-state index < -0.39 is 0 Å². The number of aromatic nitrogens is 2. The molecule has 1 aromatic rings. The molecule has 0 amide bonds. The van der Waals surface area contributed by atoms with Crippen molar-refractivity contribution in [1.82, 2.24) is 8.75 Å². The van der Waals surface area contributed by atoms with E-state index >= 15 is 0 Å². The van der Waals surface area contributed by atoms with Crippen molar-refractivity contribution in [3.8, 4) is 5.88 Å². The van der Waals surface area contributed by atoms with E-state index in [0.717, 1.165) is 11.7 Å². The fraction of sp³-hybridized carbons (Fsp3) is 0.600. The monoisotopic (exact) mass is 144 g/mol. The van der Waals surface area contributed by atoms with Gasteiger partial charge in [-0.1, -0.05) is 13.8 Å². The van der Waals surface area contributed by atoms with Gasteiger partial charge in [0.05, 0.1) is 11.7 Å².